The largest absolute Gasteiger partial charge is 0.472 e. The summed E-state index contributed by atoms with van der Waals surface area (Å²) in [6, 6.07) is 0. The lowest BCUT2D eigenvalue weighted by atomic mass is 10.5. The molecule has 0 saturated carbocycles. The van der Waals surface area contributed by atoms with Gasteiger partial charge in [-0.2, -0.15) is 15.4 Å². The number of H-pyrrole nitrogens is 1. The van der Waals surface area contributed by atoms with E-state index in [2.05, 4.69) is 35.8 Å². The molecule has 436 valence electrons. The van der Waals surface area contributed by atoms with Crippen LogP contribution in [0.15, 0.2) is 31.6 Å². The smallest absolute Gasteiger partial charge is 0.329 e. The van der Waals surface area contributed by atoms with E-state index in [0.29, 0.717) is 71.4 Å². The van der Waals surface area contributed by atoms with Gasteiger partial charge < -0.3 is 55.1 Å². The fourth-order valence-electron chi connectivity index (χ4n) is 3.96. The van der Waals surface area contributed by atoms with Gasteiger partial charge >= 0.3 is 19.5 Å². The third-order valence-electron chi connectivity index (χ3n) is 7.03. The van der Waals surface area contributed by atoms with Gasteiger partial charge in [-0.15, -0.1) is 20.4 Å². The fraction of sp³-hybridized carbons (Fsp3) is 0.697. The standard InChI is InChI=1S/C10H19N2O4PS3.C8H15N2O4PS3.C7H13N2O4PS3.C6H11N2O4PS3.C2H3N3/c1-5-14-17(18,15-6-2)19-7-12-10(13)20-9(11-12)16-8(3)4;1-4-13-15(16,14-5-2)17-6-10-8(11)18-7(9-10)12-3;1-4-13-6-8-9(7(10)17-6)5-16-14(15,11-2)12-3;1-10-5-7-8(6(9)16-5)4-15-13(14,11-2)12-3;1-2-4-5-3-1/h8H,5-7H2,1-4H3;4-6H2,1-3H3;4-5H2,1-3H3;4H2,1-3H3;1-2H,(H,3,4,5). The van der Waals surface area contributed by atoms with E-state index in [9.17, 15) is 19.2 Å². The van der Waals surface area contributed by atoms with Gasteiger partial charge in [0.25, 0.3) is 20.8 Å². The topological polar surface area (TPSA) is 292 Å². The number of aromatic nitrogens is 11. The molecular weight excluding hydrogens is 1320 g/mol. The van der Waals surface area contributed by atoms with Crippen LogP contribution in [-0.2, 0) is 107 Å². The Balaban J connectivity index is 0.000000491. The lowest BCUT2D eigenvalue weighted by Gasteiger charge is -2.19. The molecule has 0 atom stereocenters. The summed E-state index contributed by atoms with van der Waals surface area (Å²) in [5, 5.41) is 26.8. The molecular formula is C33H61N11O16P4S12. The zero-order chi connectivity index (χ0) is 57.4. The van der Waals surface area contributed by atoms with E-state index in [-0.39, 0.29) is 31.5 Å². The van der Waals surface area contributed by atoms with Crippen LogP contribution in [-0.4, -0.2) is 136 Å². The minimum absolute atomic E-state index is 0.0148. The van der Waals surface area contributed by atoms with Crippen molar-refractivity contribution >= 4 is 161 Å². The Morgan fingerprint density at radius 3 is 1.03 bits per heavy atom. The Morgan fingerprint density at radius 1 is 0.487 bits per heavy atom. The van der Waals surface area contributed by atoms with Crippen molar-refractivity contribution in [1.29, 1.82) is 0 Å². The summed E-state index contributed by atoms with van der Waals surface area (Å²) in [5.41, 5.74) is -9.51. The van der Waals surface area contributed by atoms with Crippen LogP contribution in [0, 0.1) is 0 Å². The van der Waals surface area contributed by atoms with Crippen LogP contribution < -0.4 is 38.4 Å². The molecule has 0 aliphatic rings. The minimum Gasteiger partial charge on any atom is -0.472 e. The second kappa shape index (κ2) is 39.8. The van der Waals surface area contributed by atoms with Crippen molar-refractivity contribution in [3.8, 4) is 20.8 Å². The van der Waals surface area contributed by atoms with E-state index in [1.165, 1.54) is 107 Å². The third-order valence-corrected chi connectivity index (χ3v) is 32.0. The number of aromatic amines is 1. The van der Waals surface area contributed by atoms with E-state index < -0.39 is 22.8 Å². The first kappa shape index (κ1) is 73.5. The molecule has 5 aromatic rings. The van der Waals surface area contributed by atoms with Crippen molar-refractivity contribution < 1.29 is 55.1 Å². The van der Waals surface area contributed by atoms with Crippen molar-refractivity contribution in [2.45, 2.75) is 78.1 Å². The number of hydrogen-bond acceptors (Lipinski definition) is 34. The SMILES string of the molecule is CCOP(=S)(OCC)SCn1nc(OC(C)C)sc1=O.CCOP(=S)(OCC)SCn1nc(OC)sc1=O.CCOc1nn(CSP(=S)(OC)OC)c(=O)s1.COc1nn(CSP(=S)(OC)OC)c(=O)s1.c1cn[nH]n1. The number of methoxy groups -OCH3 is 2. The van der Waals surface area contributed by atoms with Gasteiger partial charge in [-0.25, -0.2) is 18.7 Å². The lowest BCUT2D eigenvalue weighted by Crippen LogP contribution is -2.13. The number of rotatable bonds is 30. The summed E-state index contributed by atoms with van der Waals surface area (Å²) >= 11 is 30.0. The normalized spacial score (nSPS) is 11.6. The highest BCUT2D eigenvalue weighted by atomic mass is 32.9. The summed E-state index contributed by atoms with van der Waals surface area (Å²) in [6.07, 6.45) is 3.15. The van der Waals surface area contributed by atoms with Crippen LogP contribution in [0.3, 0.4) is 0 Å². The predicted molar refractivity (Wildman–Crippen MR) is 324 cm³/mol. The van der Waals surface area contributed by atoms with Gasteiger partial charge in [-0.1, -0.05) is 0 Å². The first-order valence-electron chi connectivity index (χ1n) is 21.3. The second-order valence-electron chi connectivity index (χ2n) is 12.4. The summed E-state index contributed by atoms with van der Waals surface area (Å²) in [7, 11) is 8.90. The van der Waals surface area contributed by atoms with Crippen LogP contribution in [0.25, 0.3) is 0 Å². The van der Waals surface area contributed by atoms with Gasteiger partial charge in [0.05, 0.1) is 65.8 Å². The summed E-state index contributed by atoms with van der Waals surface area (Å²) in [4.78, 5) is 45.5. The van der Waals surface area contributed by atoms with E-state index >= 15 is 0 Å². The molecule has 0 bridgehead atoms. The zero-order valence-electron chi connectivity index (χ0n) is 43.3. The average molecular weight is 1380 g/mol. The Bertz CT molecular complexity index is 2760. The van der Waals surface area contributed by atoms with Gasteiger partial charge in [-0.05, 0) is 187 Å². The highest BCUT2D eigenvalue weighted by Crippen LogP contribution is 2.63. The maximum absolute atomic E-state index is 11.8. The summed E-state index contributed by atoms with van der Waals surface area (Å²) in [6.45, 7) is 15.5. The van der Waals surface area contributed by atoms with Gasteiger partial charge in [0.1, 0.15) is 23.5 Å². The average Bonchev–Trinajstić information content (AvgIpc) is 4.26. The molecule has 0 aliphatic heterocycles. The minimum atomic E-state index is -2.41. The van der Waals surface area contributed by atoms with Crippen molar-refractivity contribution in [2.75, 3.05) is 75.7 Å². The zero-order valence-corrected chi connectivity index (χ0v) is 56.7. The molecule has 76 heavy (non-hydrogen) atoms. The first-order valence-corrected chi connectivity index (χ1v) is 41.5. The van der Waals surface area contributed by atoms with E-state index in [1.807, 2.05) is 48.5 Å². The molecule has 0 aliphatic carbocycles. The lowest BCUT2D eigenvalue weighted by molar-refractivity contribution is 0.237. The molecule has 5 aromatic heterocycles. The number of nitrogens with one attached hydrogen (secondary N) is 1. The molecule has 0 radical (unpaired) electrons. The molecule has 5 heterocycles. The number of nitrogens with zero attached hydrogens (tertiary/aromatic N) is 10. The maximum atomic E-state index is 11.8. The Kier molecular flexibility index (Phi) is 38.5. The van der Waals surface area contributed by atoms with E-state index in [0.717, 1.165) is 45.3 Å². The van der Waals surface area contributed by atoms with Gasteiger partial charge in [0, 0.05) is 28.4 Å². The van der Waals surface area contributed by atoms with Gasteiger partial charge in [0.15, 0.2) is 0 Å². The number of ether oxygens (including phenoxy) is 4. The molecule has 0 fully saturated rings. The van der Waals surface area contributed by atoms with E-state index in [4.69, 9.17) is 102 Å². The first-order chi connectivity index (χ1) is 36.0. The molecule has 0 spiro atoms. The summed E-state index contributed by atoms with van der Waals surface area (Å²) < 4.78 is 67.8. The van der Waals surface area contributed by atoms with Crippen LogP contribution in [0.5, 0.6) is 20.8 Å². The second-order valence-corrected chi connectivity index (χ2v) is 41.6. The monoisotopic (exact) mass is 1370 g/mol. The quantitative estimate of drug-likeness (QED) is 0.0421. The molecule has 27 nitrogen and oxygen atoms in total. The van der Waals surface area contributed by atoms with Crippen molar-refractivity contribution in [2.24, 2.45) is 0 Å². The van der Waals surface area contributed by atoms with Crippen molar-refractivity contribution in [3.05, 3.63) is 51.1 Å². The third kappa shape index (κ3) is 28.9. The van der Waals surface area contributed by atoms with Crippen molar-refractivity contribution in [3.63, 3.8) is 0 Å². The predicted octanol–water partition coefficient (Wildman–Crippen LogP) is 8.62. The Morgan fingerprint density at radius 2 is 0.776 bits per heavy atom. The number of hydrogen-bond donors (Lipinski definition) is 1. The van der Waals surface area contributed by atoms with Gasteiger partial charge in [-0.3, -0.25) is 19.2 Å². The molecule has 0 amide bonds. The van der Waals surface area contributed by atoms with E-state index in [1.54, 1.807) is 12.4 Å². The molecule has 43 heteroatoms. The van der Waals surface area contributed by atoms with Crippen molar-refractivity contribution in [1.82, 2.24) is 54.5 Å². The fourth-order valence-corrected chi connectivity index (χ4v) is 20.4. The molecule has 0 aromatic carbocycles. The van der Waals surface area contributed by atoms with Crippen LogP contribution >= 0.6 is 114 Å². The van der Waals surface area contributed by atoms with Crippen LogP contribution in [0.4, 0.5) is 0 Å². The highest BCUT2D eigenvalue weighted by molar-refractivity contribution is 8.68. The summed E-state index contributed by atoms with van der Waals surface area (Å²) in [5.74, 6) is 1.18. The maximum Gasteiger partial charge on any atom is 0.329 e. The molecule has 1 N–H and O–H groups in total. The Hall–Kier alpha value is -0.540. The Labute approximate surface area is 491 Å². The van der Waals surface area contributed by atoms with Crippen LogP contribution in [0.1, 0.15) is 48.5 Å². The molecule has 5 rings (SSSR count). The molecule has 0 unspecified atom stereocenters. The molecule has 0 saturated heterocycles. The van der Waals surface area contributed by atoms with Gasteiger partial charge in [0.2, 0.25) is 22.8 Å². The highest BCUT2D eigenvalue weighted by Gasteiger charge is 2.23. The van der Waals surface area contributed by atoms with Crippen LogP contribution in [0.2, 0.25) is 0 Å².